The second-order valence-electron chi connectivity index (χ2n) is 5.88. The molecule has 0 spiro atoms. The van der Waals surface area contributed by atoms with Crippen molar-refractivity contribution in [3.8, 4) is 23.0 Å². The van der Waals surface area contributed by atoms with Crippen LogP contribution in [0.2, 0.25) is 0 Å². The molecular weight excluding hydrogens is 862 g/mol. The first-order valence-corrected chi connectivity index (χ1v) is 9.33. The van der Waals surface area contributed by atoms with E-state index in [1.165, 1.54) is 12.1 Å². The Morgan fingerprint density at radius 1 is 0.432 bits per heavy atom. The van der Waals surface area contributed by atoms with Gasteiger partial charge in [-0.05, 0) is 52.0 Å². The van der Waals surface area contributed by atoms with Gasteiger partial charge in [-0.3, -0.25) is 0 Å². The first-order valence-electron chi connectivity index (χ1n) is 9.33. The molecule has 0 aromatic heterocycles. The second kappa shape index (κ2) is 39.7. The van der Waals surface area contributed by atoms with Crippen molar-refractivity contribution < 1.29 is 173 Å². The van der Waals surface area contributed by atoms with Gasteiger partial charge in [0.15, 0.2) is 0 Å². The Labute approximate surface area is 304 Å². The van der Waals surface area contributed by atoms with E-state index < -0.39 is 69.9 Å². The van der Waals surface area contributed by atoms with Crippen LogP contribution in [0.3, 0.4) is 0 Å². The standard InChI is InChI=1S/2C7H6O4.4C2H4O2.2La.4H2O/c2*8-4-2-1-3-5(9)6(4)7(10)11;4*1-2(3)4;;;;;;/h2*1-3,8-9H,(H,10,11);4*1H3,(H,3,4);;;4*1H2/q;;;;;;2*+3;;;;/p-2. The van der Waals surface area contributed by atoms with Gasteiger partial charge in [0.1, 0.15) is 23.0 Å². The summed E-state index contributed by atoms with van der Waals surface area (Å²) in [5, 5.41) is 91.5. The van der Waals surface area contributed by atoms with Gasteiger partial charge in [-0.2, -0.15) is 0 Å². The molecule has 20 nitrogen and oxygen atoms in total. The number of aromatic hydroxyl groups is 4. The summed E-state index contributed by atoms with van der Waals surface area (Å²) in [4.78, 5) is 56.0. The molecule has 0 radical (unpaired) electrons. The molecule has 0 fully saturated rings. The maximum absolute atomic E-state index is 10.2. The molecule has 0 atom stereocenters. The molecule has 0 heterocycles. The van der Waals surface area contributed by atoms with Gasteiger partial charge in [-0.15, -0.1) is 0 Å². The van der Waals surface area contributed by atoms with Gasteiger partial charge in [0.25, 0.3) is 0 Å². The number of rotatable bonds is 2. The molecule has 2 aromatic carbocycles. The summed E-state index contributed by atoms with van der Waals surface area (Å²) in [5.41, 5.74) is -1.15. The topological polar surface area (TPSA) is 454 Å². The first kappa shape index (κ1) is 68.1. The molecule has 0 saturated heterocycles. The van der Waals surface area contributed by atoms with Crippen molar-refractivity contribution >= 4 is 35.8 Å². The van der Waals surface area contributed by atoms with E-state index in [0.717, 1.165) is 52.0 Å². The zero-order valence-corrected chi connectivity index (χ0v) is 30.9. The van der Waals surface area contributed by atoms with E-state index >= 15 is 0 Å². The van der Waals surface area contributed by atoms with Crippen LogP contribution in [0.1, 0.15) is 48.4 Å². The summed E-state index contributed by atoms with van der Waals surface area (Å²) in [7, 11) is 0. The summed E-state index contributed by atoms with van der Waals surface area (Å²) in [6.45, 7) is 3.89. The fourth-order valence-electron chi connectivity index (χ4n) is 1.47. The van der Waals surface area contributed by atoms with E-state index in [4.69, 9.17) is 60.0 Å². The molecule has 2 aromatic rings. The largest absolute Gasteiger partial charge is 3.00 e. The van der Waals surface area contributed by atoms with Gasteiger partial charge in [0.05, 0.1) is 23.1 Å². The van der Waals surface area contributed by atoms with Crippen molar-refractivity contribution in [2.24, 2.45) is 0 Å². The number of aromatic carboxylic acids is 2. The third-order valence-electron chi connectivity index (χ3n) is 2.45. The molecule has 0 bridgehead atoms. The Kier molecular flexibility index (Phi) is 61.4. The van der Waals surface area contributed by atoms with Crippen molar-refractivity contribution in [1.29, 1.82) is 0 Å². The summed E-state index contributed by atoms with van der Waals surface area (Å²) in [6, 6.07) is 7.29. The van der Waals surface area contributed by atoms with Crippen LogP contribution in [0.5, 0.6) is 23.0 Å². The fraction of sp³-hybridized carbons (Fsp3) is 0.182. The SMILES string of the molecule is CC(=O)[O-].CC(=O)[O-].CC(=O)[O-].CC(=O)[O-].O=C([O-])c1c(O)cccc1O.O=C([O-])c1c(O)cccc1O.[La+3].[La+3].[OH3+].[OH3+].[OH3+].[OH3+]. The van der Waals surface area contributed by atoms with Crippen LogP contribution in [0.15, 0.2) is 36.4 Å². The molecule has 2 rings (SSSR count). The normalized spacial score (nSPS) is 7.00. The number of carbonyl (C=O) groups excluding carboxylic acids is 6. The van der Waals surface area contributed by atoms with Crippen LogP contribution in [0, 0.1) is 71.2 Å². The fourth-order valence-corrected chi connectivity index (χ4v) is 1.47. The van der Waals surface area contributed by atoms with Crippen molar-refractivity contribution in [1.82, 2.24) is 0 Å². The quantitative estimate of drug-likeness (QED) is 0.203. The maximum Gasteiger partial charge on any atom is 3.00 e. The Morgan fingerprint density at radius 3 is 0.614 bits per heavy atom. The summed E-state index contributed by atoms with van der Waals surface area (Å²) >= 11 is 0. The number of carbonyl (C=O) groups is 6. The first-order chi connectivity index (χ1) is 17.2. The minimum absolute atomic E-state index is 0. The van der Waals surface area contributed by atoms with E-state index in [0.29, 0.717) is 0 Å². The van der Waals surface area contributed by atoms with Crippen molar-refractivity contribution in [2.75, 3.05) is 0 Å². The summed E-state index contributed by atoms with van der Waals surface area (Å²) in [5.74, 6) is -9.51. The molecule has 0 aliphatic heterocycles. The molecule has 0 aliphatic rings. The molecule has 244 valence electrons. The Bertz CT molecular complexity index is 925. The predicted molar refractivity (Wildman–Crippen MR) is 130 cm³/mol. The number of hydrogen-bond donors (Lipinski definition) is 4. The summed E-state index contributed by atoms with van der Waals surface area (Å²) in [6.07, 6.45) is 0. The molecule has 16 N–H and O–H groups in total. The molecule has 0 aliphatic carbocycles. The van der Waals surface area contributed by atoms with Crippen LogP contribution in [-0.2, 0) is 41.1 Å². The third-order valence-corrected chi connectivity index (χ3v) is 2.45. The number of benzene rings is 2. The van der Waals surface area contributed by atoms with Crippen molar-refractivity contribution in [2.45, 2.75) is 27.7 Å². The van der Waals surface area contributed by atoms with Gasteiger partial charge in [0, 0.05) is 23.9 Å². The average Bonchev–Trinajstić information content (AvgIpc) is 2.66. The zero-order chi connectivity index (χ0) is 31.2. The molecule has 0 unspecified atom stereocenters. The van der Waals surface area contributed by atoms with Crippen LogP contribution >= 0.6 is 0 Å². The van der Waals surface area contributed by atoms with E-state index in [9.17, 15) is 19.8 Å². The van der Waals surface area contributed by atoms with Crippen LogP contribution in [-0.4, -0.2) is 56.2 Å². The van der Waals surface area contributed by atoms with Crippen LogP contribution < -0.4 is 30.6 Å². The summed E-state index contributed by atoms with van der Waals surface area (Å²) < 4.78 is 0. The maximum atomic E-state index is 10.2. The number of carboxylic acid groups (broad SMARTS) is 6. The van der Waals surface area contributed by atoms with Crippen LogP contribution in [0.4, 0.5) is 0 Å². The molecule has 0 amide bonds. The van der Waals surface area contributed by atoms with Gasteiger partial charge in [0.2, 0.25) is 0 Å². The molecule has 44 heavy (non-hydrogen) atoms. The third kappa shape index (κ3) is 51.4. The van der Waals surface area contributed by atoms with E-state index in [1.807, 2.05) is 0 Å². The molecule has 22 heteroatoms. The monoisotopic (exact) mass is 896 g/mol. The second-order valence-corrected chi connectivity index (χ2v) is 5.88. The van der Waals surface area contributed by atoms with Crippen molar-refractivity contribution in [3.05, 3.63) is 47.5 Å². The Hall–Kier alpha value is -3.31. The minimum atomic E-state index is -1.60. The number of hydrogen-bond acceptors (Lipinski definition) is 16. The van der Waals surface area contributed by atoms with Gasteiger partial charge in [-0.1, -0.05) is 12.1 Å². The van der Waals surface area contributed by atoms with Gasteiger partial charge in [-0.25, -0.2) is 0 Å². The van der Waals surface area contributed by atoms with Gasteiger partial charge < -0.3 is 102 Å². The number of phenols is 4. The zero-order valence-electron chi connectivity index (χ0n) is 23.6. The van der Waals surface area contributed by atoms with E-state index in [1.54, 1.807) is 0 Å². The number of aliphatic carboxylic acids is 4. The van der Waals surface area contributed by atoms with E-state index in [2.05, 4.69) is 0 Å². The Morgan fingerprint density at radius 2 is 0.545 bits per heavy atom. The van der Waals surface area contributed by atoms with Gasteiger partial charge >= 0.3 is 71.2 Å². The number of carboxylic acids is 6. The van der Waals surface area contributed by atoms with Crippen molar-refractivity contribution in [3.63, 3.8) is 0 Å². The predicted octanol–water partition coefficient (Wildman–Crippen LogP) is -9.74. The molecule has 0 saturated carbocycles. The average molecular weight is 896 g/mol. The smallest absolute Gasteiger partial charge is 0.550 e. The Balaban J connectivity index is -0.0000000411. The molecular formula is C22H34La2O20+4. The van der Waals surface area contributed by atoms with Crippen LogP contribution in [0.25, 0.3) is 0 Å². The van der Waals surface area contributed by atoms with E-state index in [-0.39, 0.29) is 93.1 Å². The minimum Gasteiger partial charge on any atom is -0.550 e.